The number of aryl methyl sites for hydroxylation is 1. The Morgan fingerprint density at radius 1 is 0.906 bits per heavy atom. The van der Waals surface area contributed by atoms with Crippen molar-refractivity contribution < 1.29 is 0 Å². The molecule has 0 saturated carbocycles. The molecule has 5 rings (SSSR count). The molecule has 0 unspecified atom stereocenters. The van der Waals surface area contributed by atoms with E-state index in [1.54, 1.807) is 6.20 Å². The van der Waals surface area contributed by atoms with Gasteiger partial charge in [0.15, 0.2) is 5.65 Å². The zero-order chi connectivity index (χ0) is 21.9. The summed E-state index contributed by atoms with van der Waals surface area (Å²) in [5.74, 6) is 1.17. The minimum absolute atomic E-state index is 0.514. The van der Waals surface area contributed by atoms with Gasteiger partial charge in [-0.3, -0.25) is 0 Å². The van der Waals surface area contributed by atoms with Crippen LogP contribution < -0.4 is 10.6 Å². The van der Waals surface area contributed by atoms with E-state index in [0.29, 0.717) is 29.0 Å². The Hall–Kier alpha value is -3.90. The third-order valence-electron chi connectivity index (χ3n) is 5.09. The second kappa shape index (κ2) is 8.69. The third kappa shape index (κ3) is 4.26. The Balaban J connectivity index is 1.55. The molecular formula is C25H21ClN6. The maximum absolute atomic E-state index is 6.17. The van der Waals surface area contributed by atoms with Crippen molar-refractivity contribution in [3.63, 3.8) is 0 Å². The van der Waals surface area contributed by atoms with E-state index in [9.17, 15) is 0 Å². The van der Waals surface area contributed by atoms with Crippen molar-refractivity contribution in [2.24, 2.45) is 0 Å². The van der Waals surface area contributed by atoms with Crippen molar-refractivity contribution in [2.75, 3.05) is 10.6 Å². The largest absolute Gasteiger partial charge is 0.350 e. The molecule has 0 saturated heterocycles. The third-order valence-corrected chi connectivity index (χ3v) is 5.32. The van der Waals surface area contributed by atoms with Gasteiger partial charge in [-0.1, -0.05) is 65.7 Å². The Morgan fingerprint density at radius 3 is 2.50 bits per heavy atom. The van der Waals surface area contributed by atoms with Gasteiger partial charge in [0, 0.05) is 17.3 Å². The molecule has 0 aliphatic heterocycles. The minimum atomic E-state index is 0.514. The van der Waals surface area contributed by atoms with Crippen LogP contribution in [0.2, 0.25) is 5.02 Å². The van der Waals surface area contributed by atoms with Gasteiger partial charge in [0.1, 0.15) is 5.82 Å². The molecule has 32 heavy (non-hydrogen) atoms. The van der Waals surface area contributed by atoms with Gasteiger partial charge in [-0.25, -0.2) is 4.68 Å². The van der Waals surface area contributed by atoms with E-state index >= 15 is 0 Å². The highest BCUT2D eigenvalue weighted by molar-refractivity contribution is 6.30. The molecule has 0 spiro atoms. The van der Waals surface area contributed by atoms with E-state index in [4.69, 9.17) is 21.6 Å². The summed E-state index contributed by atoms with van der Waals surface area (Å²) in [7, 11) is 0. The standard InChI is InChI=1S/C25H21ClN6/c1-17-10-12-18(13-11-17)15-27-25-30-23(29-20-7-5-6-19(26)14-20)22-16-28-32(24(22)31-25)21-8-3-2-4-9-21/h2-14,16H,15H2,1H3,(H2,27,29,30,31). The van der Waals surface area contributed by atoms with Gasteiger partial charge in [0.2, 0.25) is 5.95 Å². The van der Waals surface area contributed by atoms with Crippen molar-refractivity contribution in [3.8, 4) is 5.69 Å². The molecule has 2 heterocycles. The van der Waals surface area contributed by atoms with Gasteiger partial charge in [-0.05, 0) is 42.8 Å². The first kappa shape index (κ1) is 20.0. The van der Waals surface area contributed by atoms with E-state index in [2.05, 4.69) is 46.9 Å². The van der Waals surface area contributed by atoms with E-state index < -0.39 is 0 Å². The monoisotopic (exact) mass is 440 g/mol. The van der Waals surface area contributed by atoms with Crippen LogP contribution in [-0.4, -0.2) is 19.7 Å². The van der Waals surface area contributed by atoms with Gasteiger partial charge < -0.3 is 10.6 Å². The molecule has 2 N–H and O–H groups in total. The van der Waals surface area contributed by atoms with Crippen LogP contribution in [-0.2, 0) is 6.54 Å². The smallest absolute Gasteiger partial charge is 0.227 e. The number of nitrogens with zero attached hydrogens (tertiary/aromatic N) is 4. The molecule has 0 aliphatic carbocycles. The highest BCUT2D eigenvalue weighted by Crippen LogP contribution is 2.28. The highest BCUT2D eigenvalue weighted by Gasteiger charge is 2.14. The second-order valence-corrected chi connectivity index (χ2v) is 7.94. The SMILES string of the molecule is Cc1ccc(CNc2nc(Nc3cccc(Cl)c3)c3cnn(-c4ccccc4)c3n2)cc1. The van der Waals surface area contributed by atoms with E-state index in [-0.39, 0.29) is 0 Å². The first-order valence-electron chi connectivity index (χ1n) is 10.3. The van der Waals surface area contributed by atoms with Crippen molar-refractivity contribution >= 4 is 40.1 Å². The molecule has 0 aliphatic rings. The summed E-state index contributed by atoms with van der Waals surface area (Å²) in [6.45, 7) is 2.69. The molecule has 7 heteroatoms. The van der Waals surface area contributed by atoms with Gasteiger partial charge in [-0.15, -0.1) is 0 Å². The first-order valence-corrected chi connectivity index (χ1v) is 10.7. The lowest BCUT2D eigenvalue weighted by Crippen LogP contribution is -2.07. The van der Waals surface area contributed by atoms with Gasteiger partial charge in [0.05, 0.1) is 17.3 Å². The van der Waals surface area contributed by atoms with Gasteiger partial charge >= 0.3 is 0 Å². The molecule has 158 valence electrons. The second-order valence-electron chi connectivity index (χ2n) is 7.50. The number of hydrogen-bond donors (Lipinski definition) is 2. The van der Waals surface area contributed by atoms with Gasteiger partial charge in [0.25, 0.3) is 0 Å². The molecular weight excluding hydrogens is 420 g/mol. The fourth-order valence-electron chi connectivity index (χ4n) is 3.43. The summed E-state index contributed by atoms with van der Waals surface area (Å²) in [5, 5.41) is 12.8. The number of benzene rings is 3. The van der Waals surface area contributed by atoms with E-state index in [1.807, 2.05) is 59.3 Å². The molecule has 2 aromatic heterocycles. The predicted octanol–water partition coefficient (Wildman–Crippen LogP) is 6.13. The maximum atomic E-state index is 6.17. The van der Waals surface area contributed by atoms with Crippen molar-refractivity contribution in [1.82, 2.24) is 19.7 Å². The topological polar surface area (TPSA) is 67.7 Å². The lowest BCUT2D eigenvalue weighted by molar-refractivity contribution is 0.894. The molecule has 0 bridgehead atoms. The van der Waals surface area contributed by atoms with E-state index in [0.717, 1.165) is 22.3 Å². The van der Waals surface area contributed by atoms with Crippen LogP contribution in [0.25, 0.3) is 16.7 Å². The molecule has 0 atom stereocenters. The fourth-order valence-corrected chi connectivity index (χ4v) is 3.62. The molecule has 5 aromatic rings. The maximum Gasteiger partial charge on any atom is 0.227 e. The summed E-state index contributed by atoms with van der Waals surface area (Å²) >= 11 is 6.17. The van der Waals surface area contributed by atoms with Crippen molar-refractivity contribution in [2.45, 2.75) is 13.5 Å². The van der Waals surface area contributed by atoms with Crippen LogP contribution in [0.4, 0.5) is 17.5 Å². The molecule has 0 fully saturated rings. The average molecular weight is 441 g/mol. The zero-order valence-electron chi connectivity index (χ0n) is 17.5. The number of halogens is 1. The van der Waals surface area contributed by atoms with Crippen LogP contribution in [0.15, 0.2) is 85.1 Å². The van der Waals surface area contributed by atoms with Crippen LogP contribution in [0.1, 0.15) is 11.1 Å². The van der Waals surface area contributed by atoms with Crippen molar-refractivity contribution in [1.29, 1.82) is 0 Å². The average Bonchev–Trinajstić information content (AvgIpc) is 3.24. The predicted molar refractivity (Wildman–Crippen MR) is 130 cm³/mol. The summed E-state index contributed by atoms with van der Waals surface area (Å²) in [6, 6.07) is 25.8. The Labute approximate surface area is 190 Å². The Morgan fingerprint density at radius 2 is 1.72 bits per heavy atom. The minimum Gasteiger partial charge on any atom is -0.350 e. The van der Waals surface area contributed by atoms with E-state index in [1.165, 1.54) is 5.56 Å². The number of rotatable bonds is 6. The number of hydrogen-bond acceptors (Lipinski definition) is 5. The summed E-state index contributed by atoms with van der Waals surface area (Å²) in [5.41, 5.74) is 4.86. The van der Waals surface area contributed by atoms with Crippen LogP contribution >= 0.6 is 11.6 Å². The number of nitrogens with one attached hydrogen (secondary N) is 2. The van der Waals surface area contributed by atoms with Gasteiger partial charge in [-0.2, -0.15) is 15.1 Å². The molecule has 6 nitrogen and oxygen atoms in total. The highest BCUT2D eigenvalue weighted by atomic mass is 35.5. The molecule has 0 radical (unpaired) electrons. The van der Waals surface area contributed by atoms with Crippen LogP contribution in [0.3, 0.4) is 0 Å². The zero-order valence-corrected chi connectivity index (χ0v) is 18.2. The Kier molecular flexibility index (Phi) is 5.44. The number of fused-ring (bicyclic) bond motifs is 1. The Bertz CT molecular complexity index is 1360. The number of anilines is 3. The summed E-state index contributed by atoms with van der Waals surface area (Å²) < 4.78 is 1.82. The number of para-hydroxylation sites is 1. The normalized spacial score (nSPS) is 10.9. The lowest BCUT2D eigenvalue weighted by atomic mass is 10.1. The van der Waals surface area contributed by atoms with Crippen LogP contribution in [0, 0.1) is 6.92 Å². The van der Waals surface area contributed by atoms with Crippen molar-refractivity contribution in [3.05, 3.63) is 101 Å². The molecule has 0 amide bonds. The number of aromatic nitrogens is 4. The first-order chi connectivity index (χ1) is 15.7. The summed E-state index contributed by atoms with van der Waals surface area (Å²) in [4.78, 5) is 9.51. The fraction of sp³-hybridized carbons (Fsp3) is 0.0800. The van der Waals surface area contributed by atoms with Crippen LogP contribution in [0.5, 0.6) is 0 Å². The summed E-state index contributed by atoms with van der Waals surface area (Å²) in [6.07, 6.45) is 1.78. The lowest BCUT2D eigenvalue weighted by Gasteiger charge is -2.11. The quantitative estimate of drug-likeness (QED) is 0.332. The molecule has 3 aromatic carbocycles.